The molecular formula is C14H21NO2S2. The lowest BCUT2D eigenvalue weighted by molar-refractivity contribution is 0.0858. The van der Waals surface area contributed by atoms with Gasteiger partial charge in [-0.05, 0) is 63.2 Å². The van der Waals surface area contributed by atoms with Crippen molar-refractivity contribution < 1.29 is 8.42 Å². The van der Waals surface area contributed by atoms with E-state index >= 15 is 0 Å². The normalized spacial score (nSPS) is 18.3. The van der Waals surface area contributed by atoms with Crippen molar-refractivity contribution in [3.8, 4) is 0 Å². The van der Waals surface area contributed by atoms with Gasteiger partial charge < -0.3 is 4.90 Å². The molecule has 0 spiro atoms. The van der Waals surface area contributed by atoms with E-state index < -0.39 is 8.87 Å². The molecule has 2 rings (SSSR count). The van der Waals surface area contributed by atoms with Crippen molar-refractivity contribution in [2.24, 2.45) is 0 Å². The lowest BCUT2D eigenvalue weighted by Gasteiger charge is -2.47. The van der Waals surface area contributed by atoms with Crippen LogP contribution in [0.5, 0.6) is 0 Å². The van der Waals surface area contributed by atoms with Crippen LogP contribution in [0.4, 0.5) is 0 Å². The van der Waals surface area contributed by atoms with Gasteiger partial charge in [-0.1, -0.05) is 17.7 Å². The molecule has 0 atom stereocenters. The van der Waals surface area contributed by atoms with Crippen LogP contribution in [0.3, 0.4) is 0 Å². The highest BCUT2D eigenvalue weighted by Crippen LogP contribution is 2.40. The van der Waals surface area contributed by atoms with Crippen LogP contribution in [-0.2, 0) is 8.87 Å². The van der Waals surface area contributed by atoms with Gasteiger partial charge in [0.15, 0.2) is 0 Å². The average molecular weight is 299 g/mol. The Morgan fingerprint density at radius 1 is 1.21 bits per heavy atom. The van der Waals surface area contributed by atoms with Crippen LogP contribution in [0.2, 0.25) is 0 Å². The third kappa shape index (κ3) is 3.15. The minimum absolute atomic E-state index is 0.0719. The molecule has 0 amide bonds. The summed E-state index contributed by atoms with van der Waals surface area (Å²) < 4.78 is 24.6. The lowest BCUT2D eigenvalue weighted by Crippen LogP contribution is -2.52. The van der Waals surface area contributed by atoms with E-state index in [-0.39, 0.29) is 5.54 Å². The Balaban J connectivity index is 2.08. The third-order valence-electron chi connectivity index (χ3n) is 4.03. The Labute approximate surface area is 119 Å². The molecule has 0 unspecified atom stereocenters. The molecule has 0 radical (unpaired) electrons. The van der Waals surface area contributed by atoms with Gasteiger partial charge in [-0.2, -0.15) is 0 Å². The summed E-state index contributed by atoms with van der Waals surface area (Å²) >= 11 is 0. The highest BCUT2D eigenvalue weighted by atomic mass is 33.1. The van der Waals surface area contributed by atoms with Crippen LogP contribution in [-0.4, -0.2) is 38.7 Å². The van der Waals surface area contributed by atoms with Crippen molar-refractivity contribution in [2.45, 2.75) is 36.6 Å². The minimum atomic E-state index is -3.23. The van der Waals surface area contributed by atoms with Crippen LogP contribution in [0.1, 0.15) is 24.8 Å². The van der Waals surface area contributed by atoms with Crippen molar-refractivity contribution in [3.05, 3.63) is 29.8 Å². The van der Waals surface area contributed by atoms with Gasteiger partial charge in [0, 0.05) is 11.3 Å². The van der Waals surface area contributed by atoms with Crippen molar-refractivity contribution in [1.82, 2.24) is 4.90 Å². The zero-order valence-corrected chi connectivity index (χ0v) is 13.4. The molecule has 1 aromatic carbocycles. The standard InChI is InChI=1S/C14H21NO2S2/c1-12-5-7-13(8-6-12)19(16,17)18-11-14(15(2)3)9-4-10-14/h5-8H,4,9-11H2,1-3H3. The van der Waals surface area contributed by atoms with Gasteiger partial charge in [-0.25, -0.2) is 8.42 Å². The van der Waals surface area contributed by atoms with E-state index in [9.17, 15) is 8.42 Å². The van der Waals surface area contributed by atoms with Crippen molar-refractivity contribution in [2.75, 3.05) is 19.8 Å². The Bertz CT molecular complexity index is 531. The van der Waals surface area contributed by atoms with E-state index in [4.69, 9.17) is 0 Å². The topological polar surface area (TPSA) is 37.4 Å². The molecule has 0 N–H and O–H groups in total. The molecule has 1 saturated carbocycles. The van der Waals surface area contributed by atoms with E-state index in [1.54, 1.807) is 12.1 Å². The summed E-state index contributed by atoms with van der Waals surface area (Å²) in [7, 11) is 1.93. The molecule has 5 heteroatoms. The summed E-state index contributed by atoms with van der Waals surface area (Å²) in [5, 5.41) is 0. The molecule has 1 aliphatic rings. The molecule has 0 aliphatic heterocycles. The number of aryl methyl sites for hydroxylation is 1. The quantitative estimate of drug-likeness (QED) is 0.784. The van der Waals surface area contributed by atoms with E-state index in [0.29, 0.717) is 10.6 Å². The molecule has 3 nitrogen and oxygen atoms in total. The number of nitrogens with zero attached hydrogens (tertiary/aromatic N) is 1. The van der Waals surface area contributed by atoms with E-state index in [1.807, 2.05) is 33.2 Å². The minimum Gasteiger partial charge on any atom is -0.303 e. The molecule has 1 aromatic rings. The number of hydrogen-bond acceptors (Lipinski definition) is 4. The van der Waals surface area contributed by atoms with Gasteiger partial charge in [0.25, 0.3) is 0 Å². The highest BCUT2D eigenvalue weighted by molar-refractivity contribution is 8.72. The predicted octanol–water partition coefficient (Wildman–Crippen LogP) is 2.90. The monoisotopic (exact) mass is 299 g/mol. The summed E-state index contributed by atoms with van der Waals surface area (Å²) in [5.74, 6) is 0.649. The number of benzene rings is 1. The summed E-state index contributed by atoms with van der Waals surface area (Å²) in [6.07, 6.45) is 3.39. The van der Waals surface area contributed by atoms with Crippen molar-refractivity contribution in [1.29, 1.82) is 0 Å². The molecule has 106 valence electrons. The second kappa shape index (κ2) is 5.46. The fourth-order valence-corrected chi connectivity index (χ4v) is 5.66. The fraction of sp³-hybridized carbons (Fsp3) is 0.571. The van der Waals surface area contributed by atoms with Crippen LogP contribution < -0.4 is 0 Å². The maximum atomic E-state index is 12.3. The Kier molecular flexibility index (Phi) is 4.28. The SMILES string of the molecule is Cc1ccc(S(=O)(=O)SCC2(N(C)C)CCC2)cc1. The first kappa shape index (κ1) is 14.9. The van der Waals surface area contributed by atoms with Crippen LogP contribution in [0.15, 0.2) is 29.2 Å². The summed E-state index contributed by atoms with van der Waals surface area (Å²) in [4.78, 5) is 2.59. The maximum Gasteiger partial charge on any atom is 0.230 e. The fourth-order valence-electron chi connectivity index (χ4n) is 2.27. The molecule has 19 heavy (non-hydrogen) atoms. The van der Waals surface area contributed by atoms with Crippen molar-refractivity contribution >= 4 is 19.7 Å². The van der Waals surface area contributed by atoms with Crippen LogP contribution in [0.25, 0.3) is 0 Å². The smallest absolute Gasteiger partial charge is 0.230 e. The average Bonchev–Trinajstić information content (AvgIpc) is 2.27. The summed E-state index contributed by atoms with van der Waals surface area (Å²) in [5.41, 5.74) is 1.15. The molecule has 0 bridgehead atoms. The van der Waals surface area contributed by atoms with Gasteiger partial charge >= 0.3 is 0 Å². The molecule has 1 fully saturated rings. The van der Waals surface area contributed by atoms with E-state index in [0.717, 1.165) is 29.2 Å². The van der Waals surface area contributed by atoms with Gasteiger partial charge in [0.05, 0.1) is 4.90 Å². The summed E-state index contributed by atoms with van der Waals surface area (Å²) in [6.45, 7) is 1.96. The van der Waals surface area contributed by atoms with Crippen LogP contribution in [0, 0.1) is 6.92 Å². The van der Waals surface area contributed by atoms with E-state index in [2.05, 4.69) is 4.90 Å². The molecule has 0 saturated heterocycles. The second-order valence-corrected chi connectivity index (χ2v) is 9.43. The lowest BCUT2D eigenvalue weighted by atomic mass is 9.77. The molecular weight excluding hydrogens is 278 g/mol. The van der Waals surface area contributed by atoms with Gasteiger partial charge in [0.2, 0.25) is 8.87 Å². The molecule has 0 aromatic heterocycles. The number of rotatable bonds is 5. The second-order valence-electron chi connectivity index (χ2n) is 5.50. The zero-order valence-electron chi connectivity index (χ0n) is 11.7. The first-order chi connectivity index (χ1) is 8.86. The van der Waals surface area contributed by atoms with E-state index in [1.165, 1.54) is 6.42 Å². The van der Waals surface area contributed by atoms with Gasteiger partial charge in [0.1, 0.15) is 0 Å². The molecule has 0 heterocycles. The first-order valence-corrected chi connectivity index (χ1v) is 9.48. The zero-order chi connectivity index (χ0) is 14.1. The Morgan fingerprint density at radius 2 is 1.79 bits per heavy atom. The van der Waals surface area contributed by atoms with Gasteiger partial charge in [-0.3, -0.25) is 0 Å². The van der Waals surface area contributed by atoms with Crippen molar-refractivity contribution in [3.63, 3.8) is 0 Å². The first-order valence-electron chi connectivity index (χ1n) is 6.49. The highest BCUT2D eigenvalue weighted by Gasteiger charge is 2.40. The Hall–Kier alpha value is -0.520. The number of hydrogen-bond donors (Lipinski definition) is 0. The largest absolute Gasteiger partial charge is 0.303 e. The molecule has 1 aliphatic carbocycles. The van der Waals surface area contributed by atoms with Gasteiger partial charge in [-0.15, -0.1) is 0 Å². The maximum absolute atomic E-state index is 12.3. The third-order valence-corrected chi connectivity index (χ3v) is 7.70. The van der Waals surface area contributed by atoms with Crippen LogP contribution >= 0.6 is 10.8 Å². The Morgan fingerprint density at radius 3 is 2.21 bits per heavy atom. The summed E-state index contributed by atoms with van der Waals surface area (Å²) in [6, 6.07) is 7.08. The predicted molar refractivity (Wildman–Crippen MR) is 81.1 cm³/mol.